The minimum atomic E-state index is -0.145. The van der Waals surface area contributed by atoms with E-state index in [1.54, 1.807) is 31.4 Å². The van der Waals surface area contributed by atoms with Gasteiger partial charge in [-0.15, -0.1) is 0 Å². The van der Waals surface area contributed by atoms with E-state index in [4.69, 9.17) is 4.74 Å². The average Bonchev–Trinajstić information content (AvgIpc) is 2.86. The van der Waals surface area contributed by atoms with Crippen LogP contribution >= 0.6 is 0 Å². The molecule has 2 rings (SSSR count). The predicted octanol–water partition coefficient (Wildman–Crippen LogP) is 0.781. The van der Waals surface area contributed by atoms with Crippen LogP contribution in [0.15, 0.2) is 36.2 Å². The van der Waals surface area contributed by atoms with E-state index in [0.29, 0.717) is 36.6 Å². The first-order valence-electron chi connectivity index (χ1n) is 5.60. The number of hydrogen-bond donors (Lipinski definition) is 1. The molecule has 1 fully saturated rings. The van der Waals surface area contributed by atoms with Gasteiger partial charge in [-0.2, -0.15) is 0 Å². The number of ketones is 1. The highest BCUT2D eigenvalue weighted by Gasteiger charge is 2.16. The molecule has 1 aromatic rings. The van der Waals surface area contributed by atoms with Crippen LogP contribution in [0.25, 0.3) is 0 Å². The van der Waals surface area contributed by atoms with Crippen molar-refractivity contribution < 1.29 is 14.3 Å². The first-order valence-corrected chi connectivity index (χ1v) is 5.60. The number of benzene rings is 1. The normalized spacial score (nSPS) is 16.5. The van der Waals surface area contributed by atoms with E-state index in [1.807, 2.05) is 0 Å². The number of rotatable bonds is 4. The molecule has 0 aromatic heterocycles. The molecule has 18 heavy (non-hydrogen) atoms. The summed E-state index contributed by atoms with van der Waals surface area (Å²) in [5, 5.41) is 2.99. The van der Waals surface area contributed by atoms with Gasteiger partial charge in [0.2, 0.25) is 6.41 Å². The van der Waals surface area contributed by atoms with Gasteiger partial charge in [0.15, 0.2) is 5.78 Å². The van der Waals surface area contributed by atoms with Crippen molar-refractivity contribution in [2.24, 2.45) is 0 Å². The maximum Gasteiger partial charge on any atom is 0.215 e. The van der Waals surface area contributed by atoms with Crippen molar-refractivity contribution >= 4 is 12.2 Å². The van der Waals surface area contributed by atoms with Crippen LogP contribution in [0, 0.1) is 0 Å². The Kier molecular flexibility index (Phi) is 3.62. The number of methoxy groups -OCH3 is 1. The molecule has 0 spiro atoms. The maximum atomic E-state index is 12.0. The van der Waals surface area contributed by atoms with Gasteiger partial charge in [-0.3, -0.25) is 14.5 Å². The SMILES string of the molecule is COc1ccc(C(=O)/C=C2/NCCN2C=O)cc1. The van der Waals surface area contributed by atoms with E-state index in [9.17, 15) is 9.59 Å². The van der Waals surface area contributed by atoms with Crippen molar-refractivity contribution in [3.05, 3.63) is 41.7 Å². The van der Waals surface area contributed by atoms with Gasteiger partial charge in [0.25, 0.3) is 0 Å². The van der Waals surface area contributed by atoms with E-state index < -0.39 is 0 Å². The second-order valence-corrected chi connectivity index (χ2v) is 3.85. The molecule has 0 radical (unpaired) electrons. The van der Waals surface area contributed by atoms with E-state index in [2.05, 4.69) is 5.32 Å². The molecule has 94 valence electrons. The molecule has 5 heteroatoms. The van der Waals surface area contributed by atoms with Crippen molar-refractivity contribution in [2.45, 2.75) is 0 Å². The molecule has 1 heterocycles. The highest BCUT2D eigenvalue weighted by molar-refractivity contribution is 6.05. The lowest BCUT2D eigenvalue weighted by molar-refractivity contribution is -0.115. The highest BCUT2D eigenvalue weighted by atomic mass is 16.5. The first-order chi connectivity index (χ1) is 8.74. The largest absolute Gasteiger partial charge is 0.497 e. The Hall–Kier alpha value is -2.30. The summed E-state index contributed by atoms with van der Waals surface area (Å²) >= 11 is 0. The van der Waals surface area contributed by atoms with Gasteiger partial charge in [-0.05, 0) is 24.3 Å². The molecular formula is C13H14N2O3. The Morgan fingerprint density at radius 2 is 2.11 bits per heavy atom. The summed E-state index contributed by atoms with van der Waals surface area (Å²) in [7, 11) is 1.57. The number of nitrogens with one attached hydrogen (secondary N) is 1. The van der Waals surface area contributed by atoms with Crippen molar-refractivity contribution in [1.29, 1.82) is 0 Å². The van der Waals surface area contributed by atoms with Gasteiger partial charge in [0.05, 0.1) is 7.11 Å². The zero-order valence-corrected chi connectivity index (χ0v) is 10.1. The molecular weight excluding hydrogens is 232 g/mol. The second-order valence-electron chi connectivity index (χ2n) is 3.85. The van der Waals surface area contributed by atoms with Crippen molar-refractivity contribution in [1.82, 2.24) is 10.2 Å². The summed E-state index contributed by atoms with van der Waals surface area (Å²) < 4.78 is 5.02. The van der Waals surface area contributed by atoms with Crippen LogP contribution in [-0.4, -0.2) is 37.3 Å². The smallest absolute Gasteiger partial charge is 0.215 e. The summed E-state index contributed by atoms with van der Waals surface area (Å²) in [6.07, 6.45) is 2.15. The number of allylic oxidation sites excluding steroid dienone is 1. The van der Waals surface area contributed by atoms with Crippen LogP contribution in [-0.2, 0) is 4.79 Å². The lowest BCUT2D eigenvalue weighted by atomic mass is 10.1. The number of hydrogen-bond acceptors (Lipinski definition) is 4. The zero-order valence-electron chi connectivity index (χ0n) is 10.1. The maximum absolute atomic E-state index is 12.0. The van der Waals surface area contributed by atoms with E-state index in [1.165, 1.54) is 11.0 Å². The Bertz CT molecular complexity index is 480. The summed E-state index contributed by atoms with van der Waals surface area (Å²) in [6.45, 7) is 1.26. The molecule has 0 saturated carbocycles. The molecule has 1 aliphatic heterocycles. The topological polar surface area (TPSA) is 58.6 Å². The molecule has 0 atom stereocenters. The number of amides is 1. The minimum absolute atomic E-state index is 0.145. The molecule has 1 aromatic carbocycles. The fourth-order valence-electron chi connectivity index (χ4n) is 1.73. The summed E-state index contributed by atoms with van der Waals surface area (Å²) in [5.41, 5.74) is 0.558. The summed E-state index contributed by atoms with van der Waals surface area (Å²) in [4.78, 5) is 24.2. The fraction of sp³-hybridized carbons (Fsp3) is 0.231. The van der Waals surface area contributed by atoms with E-state index >= 15 is 0 Å². The lowest BCUT2D eigenvalue weighted by Gasteiger charge is -2.09. The number of carbonyl (C=O) groups excluding carboxylic acids is 2. The number of ether oxygens (including phenoxy) is 1. The molecule has 1 saturated heterocycles. The number of carbonyl (C=O) groups is 2. The molecule has 5 nitrogen and oxygen atoms in total. The second kappa shape index (κ2) is 5.35. The third kappa shape index (κ3) is 2.51. The van der Waals surface area contributed by atoms with Gasteiger partial charge in [0, 0.05) is 24.7 Å². The van der Waals surface area contributed by atoms with Crippen LogP contribution in [0.2, 0.25) is 0 Å². The molecule has 0 bridgehead atoms. The number of nitrogens with zero attached hydrogens (tertiary/aromatic N) is 1. The lowest BCUT2D eigenvalue weighted by Crippen LogP contribution is -2.19. The average molecular weight is 246 g/mol. The van der Waals surface area contributed by atoms with E-state index in [-0.39, 0.29) is 5.78 Å². The van der Waals surface area contributed by atoms with Crippen LogP contribution in [0.4, 0.5) is 0 Å². The van der Waals surface area contributed by atoms with Gasteiger partial charge < -0.3 is 10.1 Å². The van der Waals surface area contributed by atoms with Crippen molar-refractivity contribution in [2.75, 3.05) is 20.2 Å². The monoisotopic (exact) mass is 246 g/mol. The third-order valence-electron chi connectivity index (χ3n) is 2.74. The Morgan fingerprint density at radius 3 is 2.72 bits per heavy atom. The van der Waals surface area contributed by atoms with Crippen LogP contribution in [0.5, 0.6) is 5.75 Å². The quantitative estimate of drug-likeness (QED) is 0.484. The van der Waals surface area contributed by atoms with Crippen molar-refractivity contribution in [3.8, 4) is 5.75 Å². The van der Waals surface area contributed by atoms with Crippen LogP contribution in [0.3, 0.4) is 0 Å². The van der Waals surface area contributed by atoms with Crippen LogP contribution in [0.1, 0.15) is 10.4 Å². The first kappa shape index (κ1) is 12.2. The molecule has 1 amide bonds. The Labute approximate surface area is 105 Å². The Morgan fingerprint density at radius 1 is 1.39 bits per heavy atom. The molecule has 0 aliphatic carbocycles. The van der Waals surface area contributed by atoms with Gasteiger partial charge in [-0.25, -0.2) is 0 Å². The van der Waals surface area contributed by atoms with Crippen molar-refractivity contribution in [3.63, 3.8) is 0 Å². The highest BCUT2D eigenvalue weighted by Crippen LogP contribution is 2.13. The summed E-state index contributed by atoms with van der Waals surface area (Å²) in [6, 6.07) is 6.84. The molecule has 0 unspecified atom stereocenters. The fourth-order valence-corrected chi connectivity index (χ4v) is 1.73. The molecule has 1 N–H and O–H groups in total. The third-order valence-corrected chi connectivity index (χ3v) is 2.74. The van der Waals surface area contributed by atoms with Crippen LogP contribution < -0.4 is 10.1 Å². The van der Waals surface area contributed by atoms with Gasteiger partial charge in [-0.1, -0.05) is 0 Å². The minimum Gasteiger partial charge on any atom is -0.497 e. The Balaban J connectivity index is 2.15. The van der Waals surface area contributed by atoms with Gasteiger partial charge in [0.1, 0.15) is 11.6 Å². The van der Waals surface area contributed by atoms with Gasteiger partial charge >= 0.3 is 0 Å². The zero-order chi connectivity index (χ0) is 13.0. The summed E-state index contributed by atoms with van der Waals surface area (Å²) in [5.74, 6) is 1.10. The van der Waals surface area contributed by atoms with E-state index in [0.717, 1.165) is 0 Å². The predicted molar refractivity (Wildman–Crippen MR) is 66.2 cm³/mol. The molecule has 1 aliphatic rings. The standard InChI is InChI=1S/C13H14N2O3/c1-18-11-4-2-10(3-5-11)12(17)8-13-14-6-7-15(13)9-16/h2-5,8-9,14H,6-7H2,1H3/b13-8-.